The van der Waals surface area contributed by atoms with E-state index < -0.39 is 11.9 Å². The molecule has 1 amide bonds. The van der Waals surface area contributed by atoms with Crippen molar-refractivity contribution in [2.24, 2.45) is 0 Å². The van der Waals surface area contributed by atoms with E-state index in [0.29, 0.717) is 24.0 Å². The molecule has 0 aliphatic heterocycles. The molecule has 0 saturated carbocycles. The van der Waals surface area contributed by atoms with Gasteiger partial charge in [0.1, 0.15) is 5.75 Å². The molecular formula is C16H24ClNO4. The number of carbonyl (C=O) groups is 1. The van der Waals surface area contributed by atoms with E-state index in [2.05, 4.69) is 5.32 Å². The van der Waals surface area contributed by atoms with Gasteiger partial charge >= 0.3 is 0 Å². The lowest BCUT2D eigenvalue weighted by Crippen LogP contribution is -2.49. The van der Waals surface area contributed by atoms with E-state index in [9.17, 15) is 4.79 Å². The fourth-order valence-electron chi connectivity index (χ4n) is 1.77. The summed E-state index contributed by atoms with van der Waals surface area (Å²) in [5, 5.41) is 3.40. The molecule has 0 bridgehead atoms. The first kappa shape index (κ1) is 18.7. The van der Waals surface area contributed by atoms with Gasteiger partial charge in [-0.15, -0.1) is 0 Å². The van der Waals surface area contributed by atoms with Crippen LogP contribution in [0.25, 0.3) is 0 Å². The SMILES string of the molecule is CCOC(CNC(=O)C(C)(C)Oc1ccc(Cl)cc1)OCC. The number of rotatable bonds is 9. The van der Waals surface area contributed by atoms with Crippen molar-refractivity contribution in [3.05, 3.63) is 29.3 Å². The minimum atomic E-state index is -1.02. The molecule has 124 valence electrons. The van der Waals surface area contributed by atoms with E-state index in [0.717, 1.165) is 0 Å². The van der Waals surface area contributed by atoms with Crippen molar-refractivity contribution in [3.63, 3.8) is 0 Å². The van der Waals surface area contributed by atoms with Gasteiger partial charge in [0.05, 0.1) is 6.54 Å². The number of carbonyl (C=O) groups excluding carboxylic acids is 1. The monoisotopic (exact) mass is 329 g/mol. The van der Waals surface area contributed by atoms with E-state index in [1.165, 1.54) is 0 Å². The van der Waals surface area contributed by atoms with E-state index in [1.54, 1.807) is 38.1 Å². The second kappa shape index (κ2) is 8.98. The molecule has 0 aliphatic rings. The standard InChI is InChI=1S/C16H24ClNO4/c1-5-20-14(21-6-2)11-18-15(19)16(3,4)22-13-9-7-12(17)8-10-13/h7-10,14H,5-6,11H2,1-4H3,(H,18,19). The number of halogens is 1. The fraction of sp³-hybridized carbons (Fsp3) is 0.562. The molecule has 5 nitrogen and oxygen atoms in total. The first-order chi connectivity index (χ1) is 10.4. The lowest BCUT2D eigenvalue weighted by molar-refractivity contribution is -0.147. The summed E-state index contributed by atoms with van der Waals surface area (Å²) in [6.45, 7) is 8.47. The smallest absolute Gasteiger partial charge is 0.263 e. The predicted molar refractivity (Wildman–Crippen MR) is 86.2 cm³/mol. The van der Waals surface area contributed by atoms with Crippen LogP contribution >= 0.6 is 11.6 Å². The summed E-state index contributed by atoms with van der Waals surface area (Å²) in [5.74, 6) is 0.336. The molecule has 0 radical (unpaired) electrons. The van der Waals surface area contributed by atoms with Gasteiger partial charge in [0.15, 0.2) is 11.9 Å². The van der Waals surface area contributed by atoms with Crippen LogP contribution in [0.15, 0.2) is 24.3 Å². The molecule has 0 saturated heterocycles. The molecule has 0 aromatic heterocycles. The Hall–Kier alpha value is -1.30. The number of hydrogen-bond acceptors (Lipinski definition) is 4. The highest BCUT2D eigenvalue weighted by molar-refractivity contribution is 6.30. The number of amides is 1. The van der Waals surface area contributed by atoms with Crippen LogP contribution in [0.3, 0.4) is 0 Å². The molecule has 0 aliphatic carbocycles. The molecule has 0 fully saturated rings. The van der Waals surface area contributed by atoms with E-state index >= 15 is 0 Å². The topological polar surface area (TPSA) is 56.8 Å². The maximum atomic E-state index is 12.3. The van der Waals surface area contributed by atoms with E-state index in [1.807, 2.05) is 13.8 Å². The molecule has 0 heterocycles. The maximum Gasteiger partial charge on any atom is 0.263 e. The van der Waals surface area contributed by atoms with Crippen LogP contribution in [-0.4, -0.2) is 37.6 Å². The van der Waals surface area contributed by atoms with Gasteiger partial charge in [0.2, 0.25) is 0 Å². The summed E-state index contributed by atoms with van der Waals surface area (Å²) in [7, 11) is 0. The van der Waals surface area contributed by atoms with Gasteiger partial charge in [-0.05, 0) is 52.0 Å². The molecular weight excluding hydrogens is 306 g/mol. The van der Waals surface area contributed by atoms with Gasteiger partial charge in [-0.2, -0.15) is 0 Å². The molecule has 6 heteroatoms. The summed E-state index contributed by atoms with van der Waals surface area (Å²) < 4.78 is 16.5. The second-order valence-electron chi connectivity index (χ2n) is 5.12. The number of ether oxygens (including phenoxy) is 3. The molecule has 1 rings (SSSR count). The normalized spacial score (nSPS) is 11.5. The molecule has 0 spiro atoms. The highest BCUT2D eigenvalue weighted by Crippen LogP contribution is 2.21. The summed E-state index contributed by atoms with van der Waals surface area (Å²) in [5.41, 5.74) is -1.02. The predicted octanol–water partition coefficient (Wildman–Crippen LogP) is 3.01. The van der Waals surface area contributed by atoms with Gasteiger partial charge in [0, 0.05) is 18.2 Å². The Bertz CT molecular complexity index is 456. The van der Waals surface area contributed by atoms with Gasteiger partial charge in [-0.1, -0.05) is 11.6 Å². The van der Waals surface area contributed by atoms with Crippen molar-refractivity contribution in [2.75, 3.05) is 19.8 Å². The summed E-state index contributed by atoms with van der Waals surface area (Å²) in [6.07, 6.45) is -0.453. The minimum Gasteiger partial charge on any atom is -0.478 e. The molecule has 0 atom stereocenters. The van der Waals surface area contributed by atoms with Crippen LogP contribution in [0, 0.1) is 0 Å². The average Bonchev–Trinajstić information content (AvgIpc) is 2.47. The maximum absolute atomic E-state index is 12.3. The zero-order valence-corrected chi connectivity index (χ0v) is 14.3. The molecule has 1 aromatic carbocycles. The first-order valence-corrected chi connectivity index (χ1v) is 7.73. The van der Waals surface area contributed by atoms with Gasteiger partial charge < -0.3 is 19.5 Å². The summed E-state index contributed by atoms with van der Waals surface area (Å²) >= 11 is 5.83. The highest BCUT2D eigenvalue weighted by Gasteiger charge is 2.30. The Kier molecular flexibility index (Phi) is 7.65. The Balaban J connectivity index is 2.56. The van der Waals surface area contributed by atoms with Crippen LogP contribution in [0.5, 0.6) is 5.75 Å². The van der Waals surface area contributed by atoms with E-state index in [-0.39, 0.29) is 12.5 Å². The highest BCUT2D eigenvalue weighted by atomic mass is 35.5. The largest absolute Gasteiger partial charge is 0.478 e. The van der Waals surface area contributed by atoms with Crippen LogP contribution in [0.2, 0.25) is 5.02 Å². The van der Waals surface area contributed by atoms with Crippen LogP contribution in [-0.2, 0) is 14.3 Å². The van der Waals surface area contributed by atoms with Crippen molar-refractivity contribution in [2.45, 2.75) is 39.6 Å². The Morgan fingerprint density at radius 1 is 1.18 bits per heavy atom. The third-order valence-corrected chi connectivity index (χ3v) is 3.12. The zero-order chi connectivity index (χ0) is 16.6. The molecule has 22 heavy (non-hydrogen) atoms. The van der Waals surface area contributed by atoms with Crippen molar-refractivity contribution in [1.29, 1.82) is 0 Å². The number of hydrogen-bond donors (Lipinski definition) is 1. The Labute approximate surface area is 136 Å². The summed E-state index contributed by atoms with van der Waals surface area (Å²) in [4.78, 5) is 12.3. The number of benzene rings is 1. The quantitative estimate of drug-likeness (QED) is 0.708. The number of nitrogens with one attached hydrogen (secondary N) is 1. The van der Waals surface area contributed by atoms with Crippen LogP contribution in [0.1, 0.15) is 27.7 Å². The molecule has 1 aromatic rings. The van der Waals surface area contributed by atoms with Crippen molar-refractivity contribution < 1.29 is 19.0 Å². The van der Waals surface area contributed by atoms with Crippen LogP contribution < -0.4 is 10.1 Å². The molecule has 0 unspecified atom stereocenters. The van der Waals surface area contributed by atoms with Gasteiger partial charge in [0.25, 0.3) is 5.91 Å². The van der Waals surface area contributed by atoms with Crippen molar-refractivity contribution >= 4 is 17.5 Å². The third kappa shape index (κ3) is 6.22. The Morgan fingerprint density at radius 3 is 2.23 bits per heavy atom. The summed E-state index contributed by atoms with van der Waals surface area (Å²) in [6, 6.07) is 6.87. The second-order valence-corrected chi connectivity index (χ2v) is 5.55. The lowest BCUT2D eigenvalue weighted by atomic mass is 10.1. The fourth-order valence-corrected chi connectivity index (χ4v) is 1.90. The first-order valence-electron chi connectivity index (χ1n) is 7.35. The van der Waals surface area contributed by atoms with Crippen molar-refractivity contribution in [3.8, 4) is 5.75 Å². The zero-order valence-electron chi connectivity index (χ0n) is 13.5. The lowest BCUT2D eigenvalue weighted by Gasteiger charge is -2.26. The minimum absolute atomic E-state index is 0.244. The van der Waals surface area contributed by atoms with Crippen molar-refractivity contribution in [1.82, 2.24) is 5.32 Å². The van der Waals surface area contributed by atoms with Gasteiger partial charge in [-0.3, -0.25) is 4.79 Å². The van der Waals surface area contributed by atoms with Gasteiger partial charge in [-0.25, -0.2) is 0 Å². The van der Waals surface area contributed by atoms with E-state index in [4.69, 9.17) is 25.8 Å². The molecule has 1 N–H and O–H groups in total. The van der Waals surface area contributed by atoms with Crippen LogP contribution in [0.4, 0.5) is 0 Å². The Morgan fingerprint density at radius 2 is 1.73 bits per heavy atom. The third-order valence-electron chi connectivity index (χ3n) is 2.87. The average molecular weight is 330 g/mol.